The van der Waals surface area contributed by atoms with Crippen LogP contribution in [0.4, 0.5) is 0 Å². The lowest BCUT2D eigenvalue weighted by Crippen LogP contribution is -2.69. The van der Waals surface area contributed by atoms with Crippen LogP contribution in [0, 0.1) is 6.92 Å². The maximum atomic E-state index is 13.2. The van der Waals surface area contributed by atoms with Crippen molar-refractivity contribution < 1.29 is 28.8 Å². The number of rotatable bonds is 16. The molecule has 4 unspecified atom stereocenters. The van der Waals surface area contributed by atoms with Crippen LogP contribution in [0.15, 0.2) is 133 Å². The third-order valence-corrected chi connectivity index (χ3v) is 10.3. The van der Waals surface area contributed by atoms with Crippen molar-refractivity contribution in [1.29, 1.82) is 0 Å². The molecule has 0 bridgehead atoms. The van der Waals surface area contributed by atoms with E-state index in [1.807, 2.05) is 104 Å². The normalized spacial score (nSPS) is 21.1. The predicted octanol–water partition coefficient (Wildman–Crippen LogP) is 9.47. The van der Waals surface area contributed by atoms with Gasteiger partial charge >= 0.3 is 0 Å². The fraction of sp³-hybridized carbons (Fsp3) is 0.348. The second-order valence-corrected chi connectivity index (χ2v) is 13.7. The van der Waals surface area contributed by atoms with E-state index in [9.17, 15) is 5.11 Å². The van der Waals surface area contributed by atoms with Crippen molar-refractivity contribution in [3.63, 3.8) is 0 Å². The molecule has 6 heteroatoms. The van der Waals surface area contributed by atoms with Crippen molar-refractivity contribution in [3.05, 3.63) is 172 Å². The summed E-state index contributed by atoms with van der Waals surface area (Å²) in [5, 5.41) is 13.2. The van der Waals surface area contributed by atoms with Gasteiger partial charge in [0.05, 0.1) is 26.4 Å². The number of aryl methyl sites for hydroxylation is 1. The van der Waals surface area contributed by atoms with Gasteiger partial charge in [-0.1, -0.05) is 129 Å². The molecule has 1 saturated heterocycles. The summed E-state index contributed by atoms with van der Waals surface area (Å²) in [5.74, 6) is -1.02. The van der Waals surface area contributed by atoms with Crippen LogP contribution in [0.25, 0.3) is 0 Å². The van der Waals surface area contributed by atoms with Crippen LogP contribution in [0.2, 0.25) is 0 Å². The molecule has 52 heavy (non-hydrogen) atoms. The van der Waals surface area contributed by atoms with Gasteiger partial charge in [-0.25, -0.2) is 0 Å². The SMILES string of the molecule is CCOc1ccc(Cc2cc(C3(O)OC(CC)(CC)C(OCc4ccccc4)C(OCc4ccccc4)C3OCc3ccccc3)ccc2C)cc1. The second-order valence-electron chi connectivity index (χ2n) is 13.7. The van der Waals surface area contributed by atoms with Gasteiger partial charge in [-0.15, -0.1) is 0 Å². The zero-order valence-electron chi connectivity index (χ0n) is 30.9. The molecule has 0 radical (unpaired) electrons. The van der Waals surface area contributed by atoms with Crippen molar-refractivity contribution in [2.75, 3.05) is 6.61 Å². The van der Waals surface area contributed by atoms with Crippen LogP contribution in [-0.4, -0.2) is 35.6 Å². The molecule has 4 atom stereocenters. The first kappa shape index (κ1) is 37.5. The van der Waals surface area contributed by atoms with Gasteiger partial charge in [0.15, 0.2) is 0 Å². The lowest BCUT2D eigenvalue weighted by Gasteiger charge is -2.56. The average molecular weight is 701 g/mol. The Balaban J connectivity index is 1.43. The van der Waals surface area contributed by atoms with Crippen LogP contribution in [-0.2, 0) is 51.0 Å². The van der Waals surface area contributed by atoms with Gasteiger partial charge in [-0.2, -0.15) is 0 Å². The Labute approximate surface area is 309 Å². The minimum Gasteiger partial charge on any atom is -0.494 e. The molecular formula is C46H52O6. The van der Waals surface area contributed by atoms with E-state index >= 15 is 0 Å². The third kappa shape index (κ3) is 8.66. The molecular weight excluding hydrogens is 648 g/mol. The Bertz CT molecular complexity index is 1810. The first-order chi connectivity index (χ1) is 25.4. The van der Waals surface area contributed by atoms with Crippen molar-refractivity contribution >= 4 is 0 Å². The summed E-state index contributed by atoms with van der Waals surface area (Å²) in [6.45, 7) is 9.83. The van der Waals surface area contributed by atoms with E-state index in [-0.39, 0.29) is 6.61 Å². The molecule has 0 aliphatic carbocycles. The van der Waals surface area contributed by atoms with E-state index in [0.29, 0.717) is 44.6 Å². The van der Waals surface area contributed by atoms with E-state index in [4.69, 9.17) is 23.7 Å². The monoisotopic (exact) mass is 700 g/mol. The van der Waals surface area contributed by atoms with E-state index in [2.05, 4.69) is 57.2 Å². The molecule has 1 heterocycles. The summed E-state index contributed by atoms with van der Waals surface area (Å²) < 4.78 is 33.4. The lowest BCUT2D eigenvalue weighted by molar-refractivity contribution is -0.404. The molecule has 1 fully saturated rings. The summed E-state index contributed by atoms with van der Waals surface area (Å²) in [6, 6.07) is 44.5. The lowest BCUT2D eigenvalue weighted by atomic mass is 9.77. The zero-order chi connectivity index (χ0) is 36.4. The second kappa shape index (κ2) is 17.5. The smallest absolute Gasteiger partial charge is 0.223 e. The van der Waals surface area contributed by atoms with Crippen molar-refractivity contribution in [2.24, 2.45) is 0 Å². The molecule has 0 amide bonds. The summed E-state index contributed by atoms with van der Waals surface area (Å²) in [7, 11) is 0. The molecule has 272 valence electrons. The fourth-order valence-electron chi connectivity index (χ4n) is 7.22. The van der Waals surface area contributed by atoms with Gasteiger partial charge in [0.25, 0.3) is 0 Å². The Morgan fingerprint density at radius 2 is 1.12 bits per heavy atom. The predicted molar refractivity (Wildman–Crippen MR) is 205 cm³/mol. The first-order valence-corrected chi connectivity index (χ1v) is 18.6. The quantitative estimate of drug-likeness (QED) is 0.111. The van der Waals surface area contributed by atoms with Gasteiger partial charge in [-0.05, 0) is 84.7 Å². The number of benzene rings is 5. The van der Waals surface area contributed by atoms with Crippen molar-refractivity contribution in [2.45, 2.75) is 96.5 Å². The highest BCUT2D eigenvalue weighted by Gasteiger charge is 2.62. The van der Waals surface area contributed by atoms with Crippen LogP contribution in [0.3, 0.4) is 0 Å². The van der Waals surface area contributed by atoms with E-state index in [1.165, 1.54) is 0 Å². The van der Waals surface area contributed by atoms with Gasteiger partial charge in [0.1, 0.15) is 29.7 Å². The average Bonchev–Trinajstić information content (AvgIpc) is 3.18. The van der Waals surface area contributed by atoms with Crippen molar-refractivity contribution in [3.8, 4) is 5.75 Å². The van der Waals surface area contributed by atoms with Gasteiger partial charge < -0.3 is 28.8 Å². The third-order valence-electron chi connectivity index (χ3n) is 10.3. The molecule has 0 saturated carbocycles. The van der Waals surface area contributed by atoms with Crippen molar-refractivity contribution in [1.82, 2.24) is 0 Å². The number of hydrogen-bond donors (Lipinski definition) is 1. The molecule has 0 aromatic heterocycles. The highest BCUT2D eigenvalue weighted by Crippen LogP contribution is 2.48. The minimum absolute atomic E-state index is 0.254. The van der Waals surface area contributed by atoms with E-state index in [0.717, 1.165) is 39.1 Å². The molecule has 1 N–H and O–H groups in total. The molecule has 1 aliphatic rings. The van der Waals surface area contributed by atoms with Gasteiger partial charge in [-0.3, -0.25) is 0 Å². The zero-order valence-corrected chi connectivity index (χ0v) is 30.9. The van der Waals surface area contributed by atoms with Crippen LogP contribution in [0.5, 0.6) is 5.75 Å². The van der Waals surface area contributed by atoms with Gasteiger partial charge in [0, 0.05) is 5.56 Å². The molecule has 1 aliphatic heterocycles. The van der Waals surface area contributed by atoms with E-state index < -0.39 is 29.7 Å². The summed E-state index contributed by atoms with van der Waals surface area (Å²) in [4.78, 5) is 0. The molecule has 6 rings (SSSR count). The van der Waals surface area contributed by atoms with E-state index in [1.54, 1.807) is 0 Å². The molecule has 5 aromatic rings. The fourth-order valence-corrected chi connectivity index (χ4v) is 7.22. The highest BCUT2D eigenvalue weighted by molar-refractivity contribution is 5.39. The van der Waals surface area contributed by atoms with Crippen LogP contribution >= 0.6 is 0 Å². The topological polar surface area (TPSA) is 66.4 Å². The molecule has 6 nitrogen and oxygen atoms in total. The summed E-state index contributed by atoms with van der Waals surface area (Å²) >= 11 is 0. The summed E-state index contributed by atoms with van der Waals surface area (Å²) in [6.07, 6.45) is -0.325. The highest BCUT2D eigenvalue weighted by atomic mass is 16.7. The molecule has 5 aromatic carbocycles. The number of hydrogen-bond acceptors (Lipinski definition) is 6. The minimum atomic E-state index is -1.87. The number of aliphatic hydroxyl groups is 1. The van der Waals surface area contributed by atoms with Crippen LogP contribution < -0.4 is 4.74 Å². The molecule has 0 spiro atoms. The Kier molecular flexibility index (Phi) is 12.6. The van der Waals surface area contributed by atoms with Gasteiger partial charge in [0.2, 0.25) is 5.79 Å². The maximum Gasteiger partial charge on any atom is 0.223 e. The standard InChI is InChI=1S/C46H52O6/c1-5-45(6-2)43(50-32-37-19-13-9-14-20-37)42(49-31-36-17-11-8-12-18-36)44(51-33-38-21-15-10-16-22-38)46(47,52-45)40-26-23-34(4)39(30-40)29-35-24-27-41(28-25-35)48-7-3/h8-28,30,42-44,47H,5-7,29,31-33H2,1-4H3. The summed E-state index contributed by atoms with van der Waals surface area (Å²) in [5.41, 5.74) is 6.14. The first-order valence-electron chi connectivity index (χ1n) is 18.6. The Morgan fingerprint density at radius 1 is 0.596 bits per heavy atom. The maximum absolute atomic E-state index is 13.2. The Morgan fingerprint density at radius 3 is 1.63 bits per heavy atom. The largest absolute Gasteiger partial charge is 0.494 e. The Hall–Kier alpha value is -4.30. The number of ether oxygens (including phenoxy) is 5. The van der Waals surface area contributed by atoms with Crippen LogP contribution in [0.1, 0.15) is 72.6 Å².